The molecule has 0 unspecified atom stereocenters. The first-order chi connectivity index (χ1) is 12.0. The second kappa shape index (κ2) is 7.21. The van der Waals surface area contributed by atoms with Crippen molar-refractivity contribution in [3.63, 3.8) is 0 Å². The lowest BCUT2D eigenvalue weighted by molar-refractivity contribution is -0.138. The number of hydrogen-bond acceptors (Lipinski definition) is 3. The molecular weight excluding hydrogens is 363 g/mol. The lowest BCUT2D eigenvalue weighted by atomic mass is 10.1. The maximum absolute atomic E-state index is 11.1. The summed E-state index contributed by atoms with van der Waals surface area (Å²) in [6.07, 6.45) is 0. The number of fused-ring (bicyclic) bond motifs is 1. The first-order valence-electron chi connectivity index (χ1n) is 7.46. The molecular formula is C19H14Cl2O4. The van der Waals surface area contributed by atoms with Crippen molar-refractivity contribution in [3.8, 4) is 17.2 Å². The monoisotopic (exact) mass is 376 g/mol. The summed E-state index contributed by atoms with van der Waals surface area (Å²) in [5, 5.41) is 10.8. The fourth-order valence-electron chi connectivity index (χ4n) is 2.29. The Labute approximate surface area is 154 Å². The number of aliphatic carboxylic acids is 1. The maximum atomic E-state index is 11.1. The Kier molecular flexibility index (Phi) is 5.02. The van der Waals surface area contributed by atoms with Crippen LogP contribution >= 0.6 is 23.2 Å². The van der Waals surface area contributed by atoms with E-state index in [0.717, 1.165) is 10.8 Å². The van der Waals surface area contributed by atoms with E-state index < -0.39 is 16.9 Å². The van der Waals surface area contributed by atoms with Gasteiger partial charge in [-0.3, -0.25) is 0 Å². The van der Waals surface area contributed by atoms with Gasteiger partial charge in [0.15, 0.2) is 11.5 Å². The molecule has 0 saturated carbocycles. The molecule has 25 heavy (non-hydrogen) atoms. The molecule has 0 aliphatic rings. The minimum Gasteiger partial charge on any atom is -0.485 e. The summed E-state index contributed by atoms with van der Waals surface area (Å²) in [7, 11) is 0. The zero-order valence-electron chi connectivity index (χ0n) is 13.0. The van der Waals surface area contributed by atoms with Gasteiger partial charge in [-0.25, -0.2) is 4.79 Å². The molecule has 128 valence electrons. The predicted molar refractivity (Wildman–Crippen MR) is 98.0 cm³/mol. The third-order valence-corrected chi connectivity index (χ3v) is 4.07. The van der Waals surface area contributed by atoms with E-state index in [2.05, 4.69) is 0 Å². The van der Waals surface area contributed by atoms with Crippen molar-refractivity contribution in [3.05, 3.63) is 66.7 Å². The number of para-hydroxylation sites is 1. The van der Waals surface area contributed by atoms with Crippen LogP contribution in [0.5, 0.6) is 17.2 Å². The first kappa shape index (κ1) is 17.4. The molecule has 0 aliphatic carbocycles. The summed E-state index contributed by atoms with van der Waals surface area (Å²) in [6, 6.07) is 20.4. The zero-order valence-corrected chi connectivity index (χ0v) is 14.5. The van der Waals surface area contributed by atoms with E-state index in [0.29, 0.717) is 17.2 Å². The molecule has 0 radical (unpaired) electrons. The van der Waals surface area contributed by atoms with E-state index in [1.54, 1.807) is 6.07 Å². The van der Waals surface area contributed by atoms with Gasteiger partial charge in [-0.05, 0) is 23.6 Å². The summed E-state index contributed by atoms with van der Waals surface area (Å²) >= 11 is 11.6. The van der Waals surface area contributed by atoms with Crippen molar-refractivity contribution >= 4 is 39.9 Å². The molecule has 0 bridgehead atoms. The van der Waals surface area contributed by atoms with E-state index in [4.69, 9.17) is 37.8 Å². The molecule has 0 spiro atoms. The van der Waals surface area contributed by atoms with Crippen molar-refractivity contribution in [2.45, 2.75) is 4.33 Å². The molecule has 3 aromatic rings. The molecule has 4 nitrogen and oxygen atoms in total. The normalized spacial score (nSPS) is 11.3. The highest BCUT2D eigenvalue weighted by Crippen LogP contribution is 2.39. The number of carboxylic acids is 1. The number of carboxylic acid groups (broad SMARTS) is 1. The summed E-state index contributed by atoms with van der Waals surface area (Å²) < 4.78 is 9.51. The average molecular weight is 377 g/mol. The lowest BCUT2D eigenvalue weighted by Crippen LogP contribution is -2.32. The molecule has 3 aromatic carbocycles. The average Bonchev–Trinajstić information content (AvgIpc) is 2.61. The van der Waals surface area contributed by atoms with Gasteiger partial charge in [-0.1, -0.05) is 71.7 Å². The van der Waals surface area contributed by atoms with Gasteiger partial charge in [0, 0.05) is 5.39 Å². The van der Waals surface area contributed by atoms with Gasteiger partial charge in [0.1, 0.15) is 12.4 Å². The van der Waals surface area contributed by atoms with Crippen LogP contribution in [0.2, 0.25) is 0 Å². The van der Waals surface area contributed by atoms with Crippen LogP contribution in [-0.4, -0.2) is 22.0 Å². The van der Waals surface area contributed by atoms with Crippen molar-refractivity contribution < 1.29 is 19.4 Å². The van der Waals surface area contributed by atoms with E-state index >= 15 is 0 Å². The summed E-state index contributed by atoms with van der Waals surface area (Å²) in [6.45, 7) is -0.426. The maximum Gasteiger partial charge on any atom is 0.343 e. The summed E-state index contributed by atoms with van der Waals surface area (Å²) in [4.78, 5) is 11.1. The standard InChI is InChI=1S/C19H14Cl2O4/c20-19(21,18(22)23)12-24-17-15-9-5-4-6-13(15)10-11-16(17)25-14-7-2-1-3-8-14/h1-11H,12H2,(H,22,23). The van der Waals surface area contributed by atoms with E-state index in [-0.39, 0.29) is 0 Å². The first-order valence-corrected chi connectivity index (χ1v) is 8.21. The summed E-state index contributed by atoms with van der Waals surface area (Å²) in [5.74, 6) is 0.0822. The van der Waals surface area contributed by atoms with Crippen molar-refractivity contribution in [1.82, 2.24) is 0 Å². The Hall–Kier alpha value is -2.43. The highest BCUT2D eigenvalue weighted by Gasteiger charge is 2.35. The van der Waals surface area contributed by atoms with Crippen LogP contribution in [-0.2, 0) is 4.79 Å². The fraction of sp³-hybridized carbons (Fsp3) is 0.105. The van der Waals surface area contributed by atoms with Crippen LogP contribution in [0.3, 0.4) is 0 Å². The number of alkyl halides is 2. The number of halogens is 2. The lowest BCUT2D eigenvalue weighted by Gasteiger charge is -2.19. The summed E-state index contributed by atoms with van der Waals surface area (Å²) in [5.41, 5.74) is 0. The quantitative estimate of drug-likeness (QED) is 0.595. The van der Waals surface area contributed by atoms with Gasteiger partial charge in [0.2, 0.25) is 4.33 Å². The van der Waals surface area contributed by atoms with Gasteiger partial charge in [-0.2, -0.15) is 0 Å². The highest BCUT2D eigenvalue weighted by atomic mass is 35.5. The van der Waals surface area contributed by atoms with Crippen molar-refractivity contribution in [1.29, 1.82) is 0 Å². The van der Waals surface area contributed by atoms with Crippen LogP contribution in [0.4, 0.5) is 0 Å². The minimum atomic E-state index is -2.05. The second-order valence-corrected chi connectivity index (χ2v) is 6.81. The van der Waals surface area contributed by atoms with Crippen molar-refractivity contribution in [2.24, 2.45) is 0 Å². The molecule has 0 aromatic heterocycles. The van der Waals surface area contributed by atoms with Gasteiger partial charge < -0.3 is 14.6 Å². The topological polar surface area (TPSA) is 55.8 Å². The van der Waals surface area contributed by atoms with Gasteiger partial charge in [0.25, 0.3) is 0 Å². The predicted octanol–water partition coefficient (Wildman–Crippen LogP) is 5.27. The molecule has 0 heterocycles. The van der Waals surface area contributed by atoms with Gasteiger partial charge in [-0.15, -0.1) is 0 Å². The van der Waals surface area contributed by atoms with Crippen molar-refractivity contribution in [2.75, 3.05) is 6.61 Å². The molecule has 0 amide bonds. The number of hydrogen-bond donors (Lipinski definition) is 1. The molecule has 0 fully saturated rings. The minimum absolute atomic E-state index is 0.383. The third-order valence-electron chi connectivity index (χ3n) is 3.53. The highest BCUT2D eigenvalue weighted by molar-refractivity contribution is 6.57. The Balaban J connectivity index is 2.00. The Morgan fingerprint density at radius 3 is 2.36 bits per heavy atom. The SMILES string of the molecule is O=C(O)C(Cl)(Cl)COc1c(Oc2ccccc2)ccc2ccccc12. The van der Waals surface area contributed by atoms with Crippen LogP contribution < -0.4 is 9.47 Å². The number of rotatable bonds is 6. The molecule has 3 rings (SSSR count). The zero-order chi connectivity index (χ0) is 17.9. The largest absolute Gasteiger partial charge is 0.485 e. The van der Waals surface area contributed by atoms with E-state index in [9.17, 15) is 4.79 Å². The smallest absolute Gasteiger partial charge is 0.343 e. The number of benzene rings is 3. The van der Waals surface area contributed by atoms with Gasteiger partial charge >= 0.3 is 5.97 Å². The van der Waals surface area contributed by atoms with E-state index in [1.807, 2.05) is 60.7 Å². The Morgan fingerprint density at radius 1 is 0.960 bits per heavy atom. The molecule has 1 N–H and O–H groups in total. The van der Waals surface area contributed by atoms with Gasteiger partial charge in [0.05, 0.1) is 0 Å². The van der Waals surface area contributed by atoms with Crippen LogP contribution in [0, 0.1) is 0 Å². The van der Waals surface area contributed by atoms with E-state index in [1.165, 1.54) is 0 Å². The second-order valence-electron chi connectivity index (χ2n) is 5.33. The number of carbonyl (C=O) groups is 1. The Bertz CT molecular complexity index is 894. The van der Waals surface area contributed by atoms with Crippen LogP contribution in [0.15, 0.2) is 66.7 Å². The molecule has 6 heteroatoms. The molecule has 0 aliphatic heterocycles. The van der Waals surface area contributed by atoms with Crippen LogP contribution in [0.25, 0.3) is 10.8 Å². The third kappa shape index (κ3) is 3.98. The van der Waals surface area contributed by atoms with Crippen LogP contribution in [0.1, 0.15) is 0 Å². The fourth-order valence-corrected chi connectivity index (χ4v) is 2.40. The molecule has 0 saturated heterocycles. The molecule has 0 atom stereocenters. The Morgan fingerprint density at radius 2 is 1.64 bits per heavy atom. The number of ether oxygens (including phenoxy) is 2.